The average Bonchev–Trinajstić information content (AvgIpc) is 3.11. The van der Waals surface area contributed by atoms with Crippen LogP contribution >= 0.6 is 0 Å². The van der Waals surface area contributed by atoms with E-state index in [1.807, 2.05) is 6.07 Å². The van der Waals surface area contributed by atoms with Gasteiger partial charge in [-0.2, -0.15) is 0 Å². The molecule has 0 bridgehead atoms. The Morgan fingerprint density at radius 2 is 1.35 bits per heavy atom. The summed E-state index contributed by atoms with van der Waals surface area (Å²) in [6.07, 6.45) is 20.3. The van der Waals surface area contributed by atoms with Crippen LogP contribution in [0.25, 0.3) is 0 Å². The molecule has 1 aliphatic heterocycles. The zero-order valence-corrected chi connectivity index (χ0v) is 22.6. The first-order valence-electron chi connectivity index (χ1n) is 14.1. The minimum atomic E-state index is -1.73. The standard InChI is InChI=1S/C22H46N2.C6H7BO3/c1-5-8-11-12-13-16-19-24-21(17-14-9-6-2)20-23(4)22(24)18-15-10-7-3;8-7(9)10-6-4-2-1-3-5-6/h21-22H,5-20H2,1-4H3;1-5,8-9H. The minimum Gasteiger partial charge on any atom is -0.512 e. The van der Waals surface area contributed by atoms with Crippen LogP contribution in [-0.2, 0) is 0 Å². The molecule has 1 aromatic carbocycles. The number of benzene rings is 1. The molecule has 1 saturated heterocycles. The summed E-state index contributed by atoms with van der Waals surface area (Å²) in [4.78, 5) is 5.55. The third-order valence-electron chi connectivity index (χ3n) is 6.82. The minimum absolute atomic E-state index is 0.442. The maximum atomic E-state index is 8.34. The predicted octanol–water partition coefficient (Wildman–Crippen LogP) is 6.48. The molecule has 196 valence electrons. The molecule has 1 aliphatic rings. The highest BCUT2D eigenvalue weighted by Gasteiger charge is 2.35. The third kappa shape index (κ3) is 13.7. The molecule has 0 amide bonds. The van der Waals surface area contributed by atoms with Gasteiger partial charge >= 0.3 is 7.32 Å². The normalized spacial score (nSPS) is 18.5. The Hall–Kier alpha value is -1.08. The van der Waals surface area contributed by atoms with Crippen molar-refractivity contribution in [2.45, 2.75) is 123 Å². The SMILES string of the molecule is CCCCCCCCN1C(CCCCC)CN(C)C1CCCCC.OB(O)Oc1ccccc1. The van der Waals surface area contributed by atoms with E-state index >= 15 is 0 Å². The van der Waals surface area contributed by atoms with Gasteiger partial charge in [0.05, 0.1) is 6.17 Å². The van der Waals surface area contributed by atoms with Gasteiger partial charge in [0.25, 0.3) is 0 Å². The Kier molecular flexibility index (Phi) is 18.3. The lowest BCUT2D eigenvalue weighted by molar-refractivity contribution is 0.119. The van der Waals surface area contributed by atoms with E-state index in [0.29, 0.717) is 5.75 Å². The van der Waals surface area contributed by atoms with Gasteiger partial charge in [-0.05, 0) is 45.0 Å². The fourth-order valence-corrected chi connectivity index (χ4v) is 4.93. The van der Waals surface area contributed by atoms with Crippen LogP contribution in [0.5, 0.6) is 5.75 Å². The molecular formula is C28H53BN2O3. The summed E-state index contributed by atoms with van der Waals surface area (Å²) in [5, 5.41) is 16.7. The van der Waals surface area contributed by atoms with Crippen LogP contribution in [0.3, 0.4) is 0 Å². The zero-order chi connectivity index (χ0) is 25.0. The molecule has 1 aromatic rings. The van der Waals surface area contributed by atoms with Crippen LogP contribution < -0.4 is 4.65 Å². The summed E-state index contributed by atoms with van der Waals surface area (Å²) >= 11 is 0. The molecule has 2 atom stereocenters. The number of likely N-dealkylation sites (N-methyl/N-ethyl adjacent to an activating group) is 1. The largest absolute Gasteiger partial charge is 0.707 e. The van der Waals surface area contributed by atoms with Crippen molar-refractivity contribution in [3.05, 3.63) is 30.3 Å². The van der Waals surface area contributed by atoms with Gasteiger partial charge < -0.3 is 14.7 Å². The number of nitrogens with zero attached hydrogens (tertiary/aromatic N) is 2. The number of hydrogen-bond acceptors (Lipinski definition) is 5. The lowest BCUT2D eigenvalue weighted by Gasteiger charge is -2.31. The van der Waals surface area contributed by atoms with Gasteiger partial charge in [0.15, 0.2) is 0 Å². The summed E-state index contributed by atoms with van der Waals surface area (Å²) < 4.78 is 4.53. The first kappa shape index (κ1) is 31.0. The first-order valence-corrected chi connectivity index (χ1v) is 14.1. The van der Waals surface area contributed by atoms with E-state index in [-0.39, 0.29) is 0 Å². The summed E-state index contributed by atoms with van der Waals surface area (Å²) in [7, 11) is 0.632. The van der Waals surface area contributed by atoms with Crippen molar-refractivity contribution >= 4 is 7.32 Å². The van der Waals surface area contributed by atoms with Crippen molar-refractivity contribution in [1.29, 1.82) is 0 Å². The van der Waals surface area contributed by atoms with Crippen molar-refractivity contribution in [3.8, 4) is 5.75 Å². The molecule has 0 saturated carbocycles. The topological polar surface area (TPSA) is 56.2 Å². The van der Waals surface area contributed by atoms with E-state index in [4.69, 9.17) is 10.0 Å². The summed E-state index contributed by atoms with van der Waals surface area (Å²) in [6, 6.07) is 9.41. The van der Waals surface area contributed by atoms with E-state index < -0.39 is 7.32 Å². The smallest absolute Gasteiger partial charge is 0.512 e. The molecule has 0 aliphatic carbocycles. The van der Waals surface area contributed by atoms with Gasteiger partial charge in [0, 0.05) is 12.6 Å². The molecule has 2 rings (SSSR count). The van der Waals surface area contributed by atoms with Crippen molar-refractivity contribution < 1.29 is 14.7 Å². The van der Waals surface area contributed by atoms with Crippen LogP contribution in [0, 0.1) is 0 Å². The molecule has 0 aromatic heterocycles. The quantitative estimate of drug-likeness (QED) is 0.199. The second-order valence-corrected chi connectivity index (χ2v) is 9.83. The molecule has 5 nitrogen and oxygen atoms in total. The predicted molar refractivity (Wildman–Crippen MR) is 146 cm³/mol. The van der Waals surface area contributed by atoms with Crippen molar-refractivity contribution in [3.63, 3.8) is 0 Å². The third-order valence-corrected chi connectivity index (χ3v) is 6.82. The fourth-order valence-electron chi connectivity index (χ4n) is 4.93. The van der Waals surface area contributed by atoms with Crippen LogP contribution in [0.2, 0.25) is 0 Å². The maximum Gasteiger partial charge on any atom is 0.707 e. The highest BCUT2D eigenvalue weighted by molar-refractivity contribution is 6.33. The van der Waals surface area contributed by atoms with Gasteiger partial charge in [-0.1, -0.05) is 110 Å². The molecule has 2 unspecified atom stereocenters. The monoisotopic (exact) mass is 476 g/mol. The van der Waals surface area contributed by atoms with E-state index in [1.165, 1.54) is 103 Å². The number of hydrogen-bond donors (Lipinski definition) is 2. The van der Waals surface area contributed by atoms with E-state index in [1.54, 1.807) is 24.3 Å². The zero-order valence-electron chi connectivity index (χ0n) is 22.6. The molecule has 6 heteroatoms. The van der Waals surface area contributed by atoms with Crippen molar-refractivity contribution in [2.24, 2.45) is 0 Å². The Balaban J connectivity index is 0.000000479. The summed E-state index contributed by atoms with van der Waals surface area (Å²) in [5.74, 6) is 0.442. The Morgan fingerprint density at radius 3 is 1.97 bits per heavy atom. The van der Waals surface area contributed by atoms with E-state index in [9.17, 15) is 0 Å². The molecule has 0 spiro atoms. The van der Waals surface area contributed by atoms with Crippen LogP contribution in [0.1, 0.15) is 111 Å². The van der Waals surface area contributed by atoms with Crippen molar-refractivity contribution in [2.75, 3.05) is 20.1 Å². The lowest BCUT2D eigenvalue weighted by Crippen LogP contribution is -2.40. The van der Waals surface area contributed by atoms with Crippen LogP contribution in [0.15, 0.2) is 30.3 Å². The number of para-hydroxylation sites is 1. The maximum absolute atomic E-state index is 8.34. The molecule has 34 heavy (non-hydrogen) atoms. The molecule has 1 fully saturated rings. The Morgan fingerprint density at radius 1 is 0.794 bits per heavy atom. The highest BCUT2D eigenvalue weighted by atomic mass is 16.6. The molecule has 1 heterocycles. The van der Waals surface area contributed by atoms with Crippen LogP contribution in [0.4, 0.5) is 0 Å². The average molecular weight is 477 g/mol. The van der Waals surface area contributed by atoms with Gasteiger partial charge in [-0.15, -0.1) is 0 Å². The number of rotatable bonds is 17. The number of unbranched alkanes of at least 4 members (excludes halogenated alkanes) is 9. The first-order chi connectivity index (χ1) is 16.5. The molecule has 2 N–H and O–H groups in total. The fraction of sp³-hybridized carbons (Fsp3) is 0.786. The summed E-state index contributed by atoms with van der Waals surface area (Å²) in [5.41, 5.74) is 0. The van der Waals surface area contributed by atoms with Crippen LogP contribution in [-0.4, -0.2) is 59.5 Å². The molecular weight excluding hydrogens is 423 g/mol. The van der Waals surface area contributed by atoms with E-state index in [0.717, 1.165) is 12.2 Å². The lowest BCUT2D eigenvalue weighted by atomic mass is 10.1. The van der Waals surface area contributed by atoms with Gasteiger partial charge in [-0.25, -0.2) is 0 Å². The van der Waals surface area contributed by atoms with Crippen molar-refractivity contribution in [1.82, 2.24) is 9.80 Å². The van der Waals surface area contributed by atoms with Gasteiger partial charge in [0.1, 0.15) is 5.75 Å². The Bertz CT molecular complexity index is 576. The second kappa shape index (κ2) is 20.2. The highest BCUT2D eigenvalue weighted by Crippen LogP contribution is 2.27. The van der Waals surface area contributed by atoms with Gasteiger partial charge in [0.2, 0.25) is 0 Å². The second-order valence-electron chi connectivity index (χ2n) is 9.83. The Labute approximate surface area is 211 Å². The van der Waals surface area contributed by atoms with Gasteiger partial charge in [-0.3, -0.25) is 9.80 Å². The molecule has 0 radical (unpaired) electrons. The summed E-state index contributed by atoms with van der Waals surface area (Å²) in [6.45, 7) is 9.59. The van der Waals surface area contributed by atoms with E-state index in [2.05, 4.69) is 42.3 Å².